The minimum absolute atomic E-state index is 0.0717. The van der Waals surface area contributed by atoms with Crippen molar-refractivity contribution in [1.82, 2.24) is 4.31 Å². The number of carbonyl (C=O) groups is 1. The van der Waals surface area contributed by atoms with Crippen LogP contribution < -0.4 is 11.1 Å². The summed E-state index contributed by atoms with van der Waals surface area (Å²) in [5, 5.41) is 2.69. The van der Waals surface area contributed by atoms with Crippen LogP contribution >= 0.6 is 0 Å². The van der Waals surface area contributed by atoms with Gasteiger partial charge in [0, 0.05) is 31.6 Å². The molecule has 0 saturated carbocycles. The minimum atomic E-state index is -3.67. The second-order valence-electron chi connectivity index (χ2n) is 6.99. The van der Waals surface area contributed by atoms with Gasteiger partial charge in [0.2, 0.25) is 15.9 Å². The van der Waals surface area contributed by atoms with Crippen molar-refractivity contribution in [3.63, 3.8) is 0 Å². The molecule has 1 aliphatic rings. The Morgan fingerprint density at radius 2 is 1.89 bits per heavy atom. The average molecular weight is 388 g/mol. The van der Waals surface area contributed by atoms with Gasteiger partial charge in [-0.25, -0.2) is 8.42 Å². The molecule has 2 aromatic carbocycles. The molecule has 27 heavy (non-hydrogen) atoms. The van der Waals surface area contributed by atoms with Crippen molar-refractivity contribution >= 4 is 21.6 Å². The Hall–Kier alpha value is -2.22. The fraction of sp³-hybridized carbons (Fsp3) is 0.350. The molecule has 2 aromatic rings. The van der Waals surface area contributed by atoms with Crippen molar-refractivity contribution in [2.75, 3.05) is 25.0 Å². The molecule has 0 aliphatic carbocycles. The van der Waals surface area contributed by atoms with Gasteiger partial charge >= 0.3 is 0 Å². The van der Waals surface area contributed by atoms with Crippen molar-refractivity contribution in [2.45, 2.75) is 24.7 Å². The molecule has 7 heteroatoms. The third-order valence-electron chi connectivity index (χ3n) is 5.10. The number of aryl methyl sites for hydroxylation is 1. The molecule has 0 bridgehead atoms. The Morgan fingerprint density at radius 1 is 1.19 bits per heavy atom. The van der Waals surface area contributed by atoms with Crippen molar-refractivity contribution in [1.29, 1.82) is 0 Å². The maximum Gasteiger partial charge on any atom is 0.243 e. The fourth-order valence-electron chi connectivity index (χ4n) is 3.58. The molecule has 6 nitrogen and oxygen atoms in total. The lowest BCUT2D eigenvalue weighted by atomic mass is 9.89. The molecule has 1 fully saturated rings. The van der Waals surface area contributed by atoms with Gasteiger partial charge < -0.3 is 11.1 Å². The van der Waals surface area contributed by atoms with Gasteiger partial charge in [-0.05, 0) is 42.6 Å². The summed E-state index contributed by atoms with van der Waals surface area (Å²) in [6.45, 7) is 4.45. The molecule has 1 aliphatic heterocycles. The monoisotopic (exact) mass is 387 g/mol. The molecule has 0 spiro atoms. The summed E-state index contributed by atoms with van der Waals surface area (Å²) < 4.78 is 27.9. The highest BCUT2D eigenvalue weighted by Gasteiger charge is 2.39. The molecule has 0 aromatic heterocycles. The Balaban J connectivity index is 1.90. The molecule has 3 rings (SSSR count). The molecule has 3 N–H and O–H groups in total. The molecule has 1 saturated heterocycles. The van der Waals surface area contributed by atoms with E-state index in [0.717, 1.165) is 11.1 Å². The number of anilines is 1. The predicted octanol–water partition coefficient (Wildman–Crippen LogP) is 2.32. The van der Waals surface area contributed by atoms with Gasteiger partial charge in [-0.15, -0.1) is 0 Å². The number of hydrogen-bond acceptors (Lipinski definition) is 4. The number of nitrogens with zero attached hydrogens (tertiary/aromatic N) is 1. The maximum absolute atomic E-state index is 13.2. The van der Waals surface area contributed by atoms with Crippen LogP contribution in [0, 0.1) is 12.8 Å². The van der Waals surface area contributed by atoms with Crippen LogP contribution in [0.1, 0.15) is 24.0 Å². The standard InChI is InChI=1S/C20H25N3O3S/c1-14-8-9-18(10-20(14)22-15(2)24)27(25,26)23-12-17(11-21)19(13-23)16-6-4-3-5-7-16/h3-10,17,19H,11-13,21H2,1-2H3,(H,22,24)/t17-,19+/m1/s1. The summed E-state index contributed by atoms with van der Waals surface area (Å²) in [6, 6.07) is 14.7. The van der Waals surface area contributed by atoms with Crippen molar-refractivity contribution < 1.29 is 13.2 Å². The number of amides is 1. The smallest absolute Gasteiger partial charge is 0.243 e. The summed E-state index contributed by atoms with van der Waals surface area (Å²) >= 11 is 0. The fourth-order valence-corrected chi connectivity index (χ4v) is 5.13. The van der Waals surface area contributed by atoms with Crippen LogP contribution in [0.25, 0.3) is 0 Å². The Bertz CT molecular complexity index is 929. The first-order chi connectivity index (χ1) is 12.8. The molecule has 1 heterocycles. The summed E-state index contributed by atoms with van der Waals surface area (Å²) in [6.07, 6.45) is 0. The van der Waals surface area contributed by atoms with Crippen molar-refractivity contribution in [3.05, 3.63) is 59.7 Å². The van der Waals surface area contributed by atoms with Gasteiger partial charge in [-0.3, -0.25) is 4.79 Å². The van der Waals surface area contributed by atoms with E-state index in [1.54, 1.807) is 12.1 Å². The van der Waals surface area contributed by atoms with E-state index in [1.165, 1.54) is 17.3 Å². The van der Waals surface area contributed by atoms with E-state index in [9.17, 15) is 13.2 Å². The number of carbonyl (C=O) groups excluding carboxylic acids is 1. The molecule has 1 amide bonds. The zero-order chi connectivity index (χ0) is 19.6. The Morgan fingerprint density at radius 3 is 2.52 bits per heavy atom. The van der Waals surface area contributed by atoms with Crippen LogP contribution in [0.2, 0.25) is 0 Å². The number of hydrogen-bond donors (Lipinski definition) is 2. The van der Waals surface area contributed by atoms with Crippen molar-refractivity contribution in [3.8, 4) is 0 Å². The van der Waals surface area contributed by atoms with Crippen LogP contribution in [-0.4, -0.2) is 38.3 Å². The summed E-state index contributed by atoms with van der Waals surface area (Å²) in [7, 11) is -3.67. The second-order valence-corrected chi connectivity index (χ2v) is 8.93. The summed E-state index contributed by atoms with van der Waals surface area (Å²) in [5.74, 6) is -0.0881. The zero-order valence-electron chi connectivity index (χ0n) is 15.6. The van der Waals surface area contributed by atoms with Gasteiger partial charge in [0.25, 0.3) is 0 Å². The van der Waals surface area contributed by atoms with Gasteiger partial charge in [0.15, 0.2) is 0 Å². The molecule has 0 unspecified atom stereocenters. The van der Waals surface area contributed by atoms with E-state index in [4.69, 9.17) is 5.73 Å². The lowest BCUT2D eigenvalue weighted by Gasteiger charge is -2.18. The highest BCUT2D eigenvalue weighted by Crippen LogP contribution is 2.35. The summed E-state index contributed by atoms with van der Waals surface area (Å²) in [5.41, 5.74) is 8.37. The quantitative estimate of drug-likeness (QED) is 0.823. The van der Waals surface area contributed by atoms with Gasteiger partial charge in [0.1, 0.15) is 0 Å². The average Bonchev–Trinajstić information content (AvgIpc) is 3.09. The summed E-state index contributed by atoms with van der Waals surface area (Å²) in [4.78, 5) is 11.6. The maximum atomic E-state index is 13.2. The van der Waals surface area contributed by atoms with E-state index in [2.05, 4.69) is 5.32 Å². The number of rotatable bonds is 5. The molecule has 0 radical (unpaired) electrons. The van der Waals surface area contributed by atoms with Crippen LogP contribution in [0.3, 0.4) is 0 Å². The van der Waals surface area contributed by atoms with E-state index in [-0.39, 0.29) is 22.6 Å². The SMILES string of the molecule is CC(=O)Nc1cc(S(=O)(=O)N2C[C@@H](CN)[C@H](c3ccccc3)C2)ccc1C. The van der Waals surface area contributed by atoms with E-state index >= 15 is 0 Å². The molecule has 2 atom stereocenters. The highest BCUT2D eigenvalue weighted by atomic mass is 32.2. The number of nitrogens with one attached hydrogen (secondary N) is 1. The molecular formula is C20H25N3O3S. The van der Waals surface area contributed by atoms with Gasteiger partial charge in [-0.2, -0.15) is 4.31 Å². The first-order valence-electron chi connectivity index (χ1n) is 8.96. The highest BCUT2D eigenvalue weighted by molar-refractivity contribution is 7.89. The van der Waals surface area contributed by atoms with Crippen LogP contribution in [0.4, 0.5) is 5.69 Å². The molecular weight excluding hydrogens is 362 g/mol. The number of nitrogens with two attached hydrogens (primary N) is 1. The second kappa shape index (κ2) is 7.80. The Kier molecular flexibility index (Phi) is 5.64. The first kappa shape index (κ1) is 19.5. The lowest BCUT2D eigenvalue weighted by molar-refractivity contribution is -0.114. The van der Waals surface area contributed by atoms with Gasteiger partial charge in [0.05, 0.1) is 4.90 Å². The largest absolute Gasteiger partial charge is 0.330 e. The normalized spacial score (nSPS) is 20.6. The van der Waals surface area contributed by atoms with Crippen molar-refractivity contribution in [2.24, 2.45) is 11.7 Å². The lowest BCUT2D eigenvalue weighted by Crippen LogP contribution is -2.30. The van der Waals surface area contributed by atoms with E-state index in [0.29, 0.717) is 25.3 Å². The van der Waals surface area contributed by atoms with Crippen LogP contribution in [0.15, 0.2) is 53.4 Å². The zero-order valence-corrected chi connectivity index (χ0v) is 16.4. The van der Waals surface area contributed by atoms with E-state index < -0.39 is 10.0 Å². The van der Waals surface area contributed by atoms with Crippen LogP contribution in [0.5, 0.6) is 0 Å². The van der Waals surface area contributed by atoms with Gasteiger partial charge in [-0.1, -0.05) is 36.4 Å². The molecule has 144 valence electrons. The van der Waals surface area contributed by atoms with Crippen LogP contribution in [-0.2, 0) is 14.8 Å². The first-order valence-corrected chi connectivity index (χ1v) is 10.4. The third kappa shape index (κ3) is 4.05. The Labute approximate surface area is 160 Å². The third-order valence-corrected chi connectivity index (χ3v) is 6.92. The van der Waals surface area contributed by atoms with E-state index in [1.807, 2.05) is 37.3 Å². The number of sulfonamides is 1. The predicted molar refractivity (Wildman–Crippen MR) is 106 cm³/mol. The number of benzene rings is 2. The topological polar surface area (TPSA) is 92.5 Å². The minimum Gasteiger partial charge on any atom is -0.330 e.